The van der Waals surface area contributed by atoms with E-state index in [2.05, 4.69) is 29.0 Å². The van der Waals surface area contributed by atoms with Crippen LogP contribution in [0.15, 0.2) is 24.4 Å². The molecule has 2 heteroatoms. The maximum Gasteiger partial charge on any atom is 0.136 e. The second-order valence-corrected chi connectivity index (χ2v) is 6.02. The summed E-state index contributed by atoms with van der Waals surface area (Å²) in [6.07, 6.45) is 8.62. The van der Waals surface area contributed by atoms with Gasteiger partial charge >= 0.3 is 0 Å². The molecule has 2 nitrogen and oxygen atoms in total. The van der Waals surface area contributed by atoms with E-state index in [-0.39, 0.29) is 5.92 Å². The van der Waals surface area contributed by atoms with Crippen LogP contribution in [0.1, 0.15) is 36.8 Å². The number of ketones is 1. The fraction of sp³-hybridized carbons (Fsp3) is 0.471. The Morgan fingerprint density at radius 3 is 3.05 bits per heavy atom. The summed E-state index contributed by atoms with van der Waals surface area (Å²) >= 11 is 0. The van der Waals surface area contributed by atoms with Gasteiger partial charge in [0.15, 0.2) is 0 Å². The highest BCUT2D eigenvalue weighted by atomic mass is 16.1. The molecule has 1 atom stereocenters. The number of hydrogen-bond donors (Lipinski definition) is 0. The van der Waals surface area contributed by atoms with Crippen molar-refractivity contribution in [3.8, 4) is 0 Å². The Morgan fingerprint density at radius 1 is 1.21 bits per heavy atom. The van der Waals surface area contributed by atoms with Gasteiger partial charge in [0.2, 0.25) is 0 Å². The van der Waals surface area contributed by atoms with Crippen molar-refractivity contribution >= 4 is 16.7 Å². The van der Waals surface area contributed by atoms with Crippen molar-refractivity contribution in [2.45, 2.75) is 45.1 Å². The van der Waals surface area contributed by atoms with E-state index < -0.39 is 0 Å². The molecule has 0 N–H and O–H groups in total. The van der Waals surface area contributed by atoms with Crippen molar-refractivity contribution in [2.75, 3.05) is 0 Å². The first-order valence-electron chi connectivity index (χ1n) is 7.45. The molecule has 0 bridgehead atoms. The van der Waals surface area contributed by atoms with E-state index in [1.165, 1.54) is 28.5 Å². The van der Waals surface area contributed by atoms with Gasteiger partial charge in [0, 0.05) is 30.5 Å². The number of rotatable bonds is 2. The van der Waals surface area contributed by atoms with Crippen LogP contribution in [0.4, 0.5) is 0 Å². The van der Waals surface area contributed by atoms with E-state index in [0.717, 1.165) is 38.6 Å². The Morgan fingerprint density at radius 2 is 2.16 bits per heavy atom. The number of benzene rings is 1. The smallest absolute Gasteiger partial charge is 0.136 e. The predicted molar refractivity (Wildman–Crippen MR) is 76.3 cm³/mol. The number of hydrogen-bond acceptors (Lipinski definition) is 1. The highest BCUT2D eigenvalue weighted by Gasteiger charge is 2.25. The van der Waals surface area contributed by atoms with E-state index in [1.54, 1.807) is 0 Å². The molecule has 1 aromatic heterocycles. The van der Waals surface area contributed by atoms with Crippen LogP contribution in [0.5, 0.6) is 0 Å². The van der Waals surface area contributed by atoms with Crippen LogP contribution < -0.4 is 0 Å². The van der Waals surface area contributed by atoms with Crippen LogP contribution in [0.2, 0.25) is 0 Å². The van der Waals surface area contributed by atoms with Gasteiger partial charge in [-0.2, -0.15) is 0 Å². The Hall–Kier alpha value is -1.57. The molecule has 98 valence electrons. The number of carbonyl (C=O) groups excluding carboxylic acids is 1. The molecule has 1 saturated carbocycles. The van der Waals surface area contributed by atoms with Crippen molar-refractivity contribution in [3.63, 3.8) is 0 Å². The van der Waals surface area contributed by atoms with Crippen LogP contribution in [0, 0.1) is 5.92 Å². The molecular formula is C17H19NO. The molecule has 19 heavy (non-hydrogen) atoms. The number of carbonyl (C=O) groups is 1. The zero-order chi connectivity index (χ0) is 12.8. The fourth-order valence-corrected chi connectivity index (χ4v) is 3.83. The summed E-state index contributed by atoms with van der Waals surface area (Å²) in [6.45, 7) is 1.11. The van der Waals surface area contributed by atoms with Gasteiger partial charge in [-0.3, -0.25) is 4.79 Å². The highest BCUT2D eigenvalue weighted by Crippen LogP contribution is 2.33. The van der Waals surface area contributed by atoms with Crippen LogP contribution in [0.3, 0.4) is 0 Å². The fourth-order valence-electron chi connectivity index (χ4n) is 3.83. The summed E-state index contributed by atoms with van der Waals surface area (Å²) in [6, 6.07) is 6.63. The number of aromatic nitrogens is 1. The standard InChI is InChI=1S/C17H19NO/c19-16-7-2-1-4-13(16)10-14-11-18-9-8-12-5-3-6-15(14)17(12)18/h3,5-6,11,13H,1-2,4,7-10H2. The van der Waals surface area contributed by atoms with Crippen LogP contribution in [-0.4, -0.2) is 10.4 Å². The molecule has 1 aliphatic carbocycles. The Bertz CT molecular complexity index is 653. The molecule has 4 rings (SSSR count). The van der Waals surface area contributed by atoms with Crippen molar-refractivity contribution in [3.05, 3.63) is 35.5 Å². The second-order valence-electron chi connectivity index (χ2n) is 6.02. The normalized spacial score (nSPS) is 22.3. The van der Waals surface area contributed by atoms with E-state index in [9.17, 15) is 4.79 Å². The lowest BCUT2D eigenvalue weighted by Crippen LogP contribution is -2.20. The van der Waals surface area contributed by atoms with Gasteiger partial charge in [0.1, 0.15) is 5.78 Å². The quantitative estimate of drug-likeness (QED) is 0.803. The second kappa shape index (κ2) is 4.22. The molecule has 1 aliphatic heterocycles. The Balaban J connectivity index is 1.72. The zero-order valence-corrected chi connectivity index (χ0v) is 11.2. The van der Waals surface area contributed by atoms with E-state index in [4.69, 9.17) is 0 Å². The van der Waals surface area contributed by atoms with Gasteiger partial charge in [0.05, 0.1) is 5.52 Å². The van der Waals surface area contributed by atoms with Crippen molar-refractivity contribution in [1.82, 2.24) is 4.57 Å². The first kappa shape index (κ1) is 11.3. The van der Waals surface area contributed by atoms with E-state index in [1.807, 2.05) is 0 Å². The molecule has 0 spiro atoms. The van der Waals surface area contributed by atoms with Gasteiger partial charge in [-0.25, -0.2) is 0 Å². The van der Waals surface area contributed by atoms with Crippen LogP contribution >= 0.6 is 0 Å². The maximum atomic E-state index is 12.0. The molecule has 1 aromatic carbocycles. The van der Waals surface area contributed by atoms with Gasteiger partial charge in [-0.05, 0) is 36.8 Å². The topological polar surface area (TPSA) is 22.0 Å². The van der Waals surface area contributed by atoms with Crippen LogP contribution in [-0.2, 0) is 24.2 Å². The van der Waals surface area contributed by atoms with Gasteiger partial charge < -0.3 is 4.57 Å². The first-order chi connectivity index (χ1) is 9.33. The lowest BCUT2D eigenvalue weighted by molar-refractivity contribution is -0.124. The summed E-state index contributed by atoms with van der Waals surface area (Å²) in [4.78, 5) is 12.0. The van der Waals surface area contributed by atoms with E-state index in [0.29, 0.717) is 5.78 Å². The molecule has 2 heterocycles. The molecule has 2 aliphatic rings. The predicted octanol–water partition coefficient (Wildman–Crippen LogP) is 3.50. The summed E-state index contributed by atoms with van der Waals surface area (Å²) in [5.41, 5.74) is 4.27. The highest BCUT2D eigenvalue weighted by molar-refractivity contribution is 5.89. The Labute approximate surface area is 113 Å². The largest absolute Gasteiger partial charge is 0.347 e. The average molecular weight is 253 g/mol. The molecular weight excluding hydrogens is 234 g/mol. The minimum Gasteiger partial charge on any atom is -0.347 e. The lowest BCUT2D eigenvalue weighted by Gasteiger charge is -2.20. The van der Waals surface area contributed by atoms with Crippen molar-refractivity contribution in [1.29, 1.82) is 0 Å². The summed E-state index contributed by atoms with van der Waals surface area (Å²) in [7, 11) is 0. The van der Waals surface area contributed by atoms with Crippen molar-refractivity contribution < 1.29 is 4.79 Å². The minimum absolute atomic E-state index is 0.274. The number of nitrogens with zero attached hydrogens (tertiary/aromatic N) is 1. The SMILES string of the molecule is O=C1CCCCC1Cc1cn2c3c(cccc13)CC2. The summed E-state index contributed by atoms with van der Waals surface area (Å²) < 4.78 is 2.38. The van der Waals surface area contributed by atoms with Crippen LogP contribution in [0.25, 0.3) is 10.9 Å². The summed E-state index contributed by atoms with van der Waals surface area (Å²) in [5, 5.41) is 1.38. The molecule has 0 radical (unpaired) electrons. The van der Waals surface area contributed by atoms with Crippen molar-refractivity contribution in [2.24, 2.45) is 5.92 Å². The third-order valence-corrected chi connectivity index (χ3v) is 4.83. The van der Waals surface area contributed by atoms with Gasteiger partial charge in [-0.1, -0.05) is 24.6 Å². The van der Waals surface area contributed by atoms with Gasteiger partial charge in [0.25, 0.3) is 0 Å². The Kier molecular flexibility index (Phi) is 2.51. The third-order valence-electron chi connectivity index (χ3n) is 4.83. The number of Topliss-reactive ketones (excluding diaryl/α,β-unsaturated/α-hetero) is 1. The first-order valence-corrected chi connectivity index (χ1v) is 7.45. The molecule has 1 fully saturated rings. The van der Waals surface area contributed by atoms with Gasteiger partial charge in [-0.15, -0.1) is 0 Å². The maximum absolute atomic E-state index is 12.0. The average Bonchev–Trinajstić information content (AvgIpc) is 2.99. The summed E-state index contributed by atoms with van der Waals surface area (Å²) in [5.74, 6) is 0.760. The number of para-hydroxylation sites is 1. The van der Waals surface area contributed by atoms with E-state index >= 15 is 0 Å². The molecule has 0 saturated heterocycles. The molecule has 1 unspecified atom stereocenters. The zero-order valence-electron chi connectivity index (χ0n) is 11.2. The lowest BCUT2D eigenvalue weighted by atomic mass is 9.83. The molecule has 0 amide bonds. The minimum atomic E-state index is 0.274. The third kappa shape index (κ3) is 1.73. The molecule has 2 aromatic rings. The monoisotopic (exact) mass is 253 g/mol. The number of aryl methyl sites for hydroxylation is 2.